The van der Waals surface area contributed by atoms with Gasteiger partial charge in [0.1, 0.15) is 11.6 Å². The van der Waals surface area contributed by atoms with Crippen LogP contribution in [-0.2, 0) is 4.74 Å². The molecule has 0 aliphatic rings. The molecule has 114 valence electrons. The minimum atomic E-state index is -0.942. The van der Waals surface area contributed by atoms with Crippen molar-refractivity contribution >= 4 is 0 Å². The predicted molar refractivity (Wildman–Crippen MR) is 71.3 cm³/mol. The van der Waals surface area contributed by atoms with Crippen LogP contribution in [0.2, 0.25) is 0 Å². The van der Waals surface area contributed by atoms with Crippen molar-refractivity contribution in [1.82, 2.24) is 4.90 Å². The average molecular weight is 289 g/mol. The van der Waals surface area contributed by atoms with Gasteiger partial charge < -0.3 is 19.8 Å². The maximum atomic E-state index is 13.0. The molecule has 2 N–H and O–H groups in total. The van der Waals surface area contributed by atoms with Gasteiger partial charge in [-0.25, -0.2) is 8.78 Å². The van der Waals surface area contributed by atoms with Crippen LogP contribution in [0, 0.1) is 11.6 Å². The van der Waals surface area contributed by atoms with Crippen LogP contribution in [-0.4, -0.2) is 55.1 Å². The third kappa shape index (κ3) is 5.92. The maximum absolute atomic E-state index is 13.0. The monoisotopic (exact) mass is 289 g/mol. The first-order valence-corrected chi connectivity index (χ1v) is 6.42. The molecule has 1 aromatic carbocycles. The van der Waals surface area contributed by atoms with Crippen LogP contribution >= 0.6 is 0 Å². The maximum Gasteiger partial charge on any atom is 0.126 e. The topological polar surface area (TPSA) is 52.9 Å². The highest BCUT2D eigenvalue weighted by Crippen LogP contribution is 2.19. The zero-order valence-corrected chi connectivity index (χ0v) is 11.7. The fourth-order valence-corrected chi connectivity index (χ4v) is 1.97. The van der Waals surface area contributed by atoms with Crippen LogP contribution < -0.4 is 0 Å². The lowest BCUT2D eigenvalue weighted by Gasteiger charge is -2.21. The van der Waals surface area contributed by atoms with Crippen LogP contribution in [0.5, 0.6) is 0 Å². The summed E-state index contributed by atoms with van der Waals surface area (Å²) in [5.41, 5.74) is 0.216. The fraction of sp³-hybridized carbons (Fsp3) is 0.571. The van der Waals surface area contributed by atoms with Gasteiger partial charge in [-0.2, -0.15) is 0 Å². The molecular weight excluding hydrogens is 268 g/mol. The molecule has 0 bridgehead atoms. The number of nitrogens with zero attached hydrogens (tertiary/aromatic N) is 1. The van der Waals surface area contributed by atoms with E-state index in [-0.39, 0.29) is 12.2 Å². The minimum Gasteiger partial charge on any atom is -0.389 e. The molecule has 0 aliphatic heterocycles. The summed E-state index contributed by atoms with van der Waals surface area (Å²) in [6.07, 6.45) is -1.23. The molecule has 2 unspecified atom stereocenters. The van der Waals surface area contributed by atoms with Crippen molar-refractivity contribution in [2.24, 2.45) is 0 Å². The van der Waals surface area contributed by atoms with E-state index in [1.165, 1.54) is 7.11 Å². The molecule has 0 fully saturated rings. The van der Waals surface area contributed by atoms with Gasteiger partial charge in [0, 0.05) is 26.3 Å². The van der Waals surface area contributed by atoms with Crippen molar-refractivity contribution in [2.45, 2.75) is 18.6 Å². The number of aliphatic hydroxyl groups is 2. The normalized spacial score (nSPS) is 14.6. The molecule has 0 aromatic heterocycles. The van der Waals surface area contributed by atoms with E-state index in [1.54, 1.807) is 7.05 Å². The molecular formula is C14H21F2NO3. The van der Waals surface area contributed by atoms with Crippen molar-refractivity contribution in [1.29, 1.82) is 0 Å². The average Bonchev–Trinajstić information content (AvgIpc) is 2.35. The van der Waals surface area contributed by atoms with Crippen molar-refractivity contribution in [3.8, 4) is 0 Å². The lowest BCUT2D eigenvalue weighted by atomic mass is 10.1. The summed E-state index contributed by atoms with van der Waals surface area (Å²) in [7, 11) is 3.29. The summed E-state index contributed by atoms with van der Waals surface area (Å²) in [6, 6.07) is 3.00. The van der Waals surface area contributed by atoms with Crippen molar-refractivity contribution < 1.29 is 23.7 Å². The van der Waals surface area contributed by atoms with E-state index >= 15 is 0 Å². The van der Waals surface area contributed by atoms with Gasteiger partial charge >= 0.3 is 0 Å². The van der Waals surface area contributed by atoms with Crippen LogP contribution in [0.1, 0.15) is 18.1 Å². The number of likely N-dealkylation sites (N-methyl/N-ethyl adjacent to an activating group) is 1. The highest BCUT2D eigenvalue weighted by atomic mass is 19.1. The number of hydrogen-bond acceptors (Lipinski definition) is 4. The second-order valence-electron chi connectivity index (χ2n) is 4.88. The van der Waals surface area contributed by atoms with E-state index in [4.69, 9.17) is 4.74 Å². The van der Waals surface area contributed by atoms with Crippen LogP contribution in [0.25, 0.3) is 0 Å². The smallest absolute Gasteiger partial charge is 0.126 e. The number of benzene rings is 1. The molecule has 0 saturated carbocycles. The Hall–Kier alpha value is -1.08. The first-order valence-electron chi connectivity index (χ1n) is 6.42. The van der Waals surface area contributed by atoms with Gasteiger partial charge in [-0.3, -0.25) is 0 Å². The largest absolute Gasteiger partial charge is 0.389 e. The van der Waals surface area contributed by atoms with Gasteiger partial charge in [-0.1, -0.05) is 0 Å². The van der Waals surface area contributed by atoms with Crippen LogP contribution in [0.15, 0.2) is 18.2 Å². The second kappa shape index (κ2) is 8.26. The Bertz CT molecular complexity index is 397. The molecule has 0 saturated heterocycles. The quantitative estimate of drug-likeness (QED) is 0.758. The molecule has 2 atom stereocenters. The molecule has 6 heteroatoms. The standard InChI is InChI=1S/C14H21F2NO3/c1-17(8-13(18)9-20-2)4-3-14(19)10-5-11(15)7-12(16)6-10/h5-7,13-14,18-19H,3-4,8-9H2,1-2H3. The lowest BCUT2D eigenvalue weighted by molar-refractivity contribution is 0.0398. The summed E-state index contributed by atoms with van der Waals surface area (Å²) < 4.78 is 30.9. The molecule has 0 radical (unpaired) electrons. The summed E-state index contributed by atoms with van der Waals surface area (Å²) in [5, 5.41) is 19.5. The summed E-state index contributed by atoms with van der Waals surface area (Å²) in [5.74, 6) is -1.41. The number of ether oxygens (including phenoxy) is 1. The van der Waals surface area contributed by atoms with Crippen LogP contribution in [0.4, 0.5) is 8.78 Å². The number of halogens is 2. The Balaban J connectivity index is 2.44. The SMILES string of the molecule is COCC(O)CN(C)CCC(O)c1cc(F)cc(F)c1. The Morgan fingerprint density at radius 2 is 1.80 bits per heavy atom. The zero-order chi connectivity index (χ0) is 15.1. The van der Waals surface area contributed by atoms with Crippen molar-refractivity contribution in [3.05, 3.63) is 35.4 Å². The van der Waals surface area contributed by atoms with E-state index in [9.17, 15) is 19.0 Å². The van der Waals surface area contributed by atoms with E-state index in [0.29, 0.717) is 19.5 Å². The molecule has 0 heterocycles. The van der Waals surface area contributed by atoms with Gasteiger partial charge in [-0.15, -0.1) is 0 Å². The minimum absolute atomic E-state index is 0.216. The van der Waals surface area contributed by atoms with E-state index in [2.05, 4.69) is 0 Å². The first kappa shape index (κ1) is 17.0. The Morgan fingerprint density at radius 3 is 2.35 bits per heavy atom. The molecule has 1 aromatic rings. The molecule has 4 nitrogen and oxygen atoms in total. The zero-order valence-electron chi connectivity index (χ0n) is 11.7. The number of hydrogen-bond donors (Lipinski definition) is 2. The fourth-order valence-electron chi connectivity index (χ4n) is 1.97. The Kier molecular flexibility index (Phi) is 7.01. The van der Waals surface area contributed by atoms with Crippen molar-refractivity contribution in [2.75, 3.05) is 33.9 Å². The van der Waals surface area contributed by atoms with Crippen molar-refractivity contribution in [3.63, 3.8) is 0 Å². The van der Waals surface area contributed by atoms with E-state index in [1.807, 2.05) is 4.90 Å². The number of rotatable bonds is 8. The van der Waals surface area contributed by atoms with Gasteiger partial charge in [0.15, 0.2) is 0 Å². The Labute approximate surface area is 117 Å². The Morgan fingerprint density at radius 1 is 1.20 bits per heavy atom. The molecule has 0 spiro atoms. The highest BCUT2D eigenvalue weighted by molar-refractivity contribution is 5.20. The van der Waals surface area contributed by atoms with E-state index in [0.717, 1.165) is 18.2 Å². The second-order valence-corrected chi connectivity index (χ2v) is 4.88. The molecule has 1 rings (SSSR count). The van der Waals surface area contributed by atoms with E-state index < -0.39 is 23.8 Å². The number of methoxy groups -OCH3 is 1. The van der Waals surface area contributed by atoms with Gasteiger partial charge in [-0.05, 0) is 31.2 Å². The van der Waals surface area contributed by atoms with Gasteiger partial charge in [0.05, 0.1) is 18.8 Å². The van der Waals surface area contributed by atoms with Gasteiger partial charge in [0.2, 0.25) is 0 Å². The lowest BCUT2D eigenvalue weighted by Crippen LogP contribution is -2.33. The first-order chi connectivity index (χ1) is 9.42. The third-order valence-corrected chi connectivity index (χ3v) is 2.94. The molecule has 20 heavy (non-hydrogen) atoms. The number of aliphatic hydroxyl groups excluding tert-OH is 2. The summed E-state index contributed by atoms with van der Waals surface area (Å²) >= 11 is 0. The third-order valence-electron chi connectivity index (χ3n) is 2.94. The molecule has 0 amide bonds. The summed E-state index contributed by atoms with van der Waals surface area (Å²) in [4.78, 5) is 1.82. The predicted octanol–water partition coefficient (Wildman–Crippen LogP) is 1.33. The van der Waals surface area contributed by atoms with Crippen LogP contribution in [0.3, 0.4) is 0 Å². The highest BCUT2D eigenvalue weighted by Gasteiger charge is 2.13. The van der Waals surface area contributed by atoms with Gasteiger partial charge in [0.25, 0.3) is 0 Å². The molecule has 0 aliphatic carbocycles. The summed E-state index contributed by atoms with van der Waals surface area (Å²) in [6.45, 7) is 1.13.